The number of likely N-dealkylation sites (tertiary alicyclic amines) is 1. The lowest BCUT2D eigenvalue weighted by atomic mass is 9.77. The summed E-state index contributed by atoms with van der Waals surface area (Å²) >= 11 is 1.43. The predicted molar refractivity (Wildman–Crippen MR) is 112 cm³/mol. The third-order valence-corrected chi connectivity index (χ3v) is 6.88. The molecule has 0 N–H and O–H groups in total. The van der Waals surface area contributed by atoms with E-state index in [9.17, 15) is 4.79 Å². The molecule has 28 heavy (non-hydrogen) atoms. The van der Waals surface area contributed by atoms with Crippen LogP contribution in [0.25, 0.3) is 10.2 Å². The minimum Gasteiger partial charge on any atom is -0.480 e. The van der Waals surface area contributed by atoms with E-state index in [1.165, 1.54) is 17.8 Å². The van der Waals surface area contributed by atoms with Gasteiger partial charge in [0.2, 0.25) is 5.88 Å². The van der Waals surface area contributed by atoms with Crippen LogP contribution in [0.3, 0.4) is 0 Å². The second-order valence-electron chi connectivity index (χ2n) is 8.60. The quantitative estimate of drug-likeness (QED) is 0.752. The van der Waals surface area contributed by atoms with Crippen molar-refractivity contribution in [3.05, 3.63) is 16.3 Å². The maximum absolute atomic E-state index is 13.3. The second kappa shape index (κ2) is 8.33. The van der Waals surface area contributed by atoms with Gasteiger partial charge in [-0.3, -0.25) is 4.79 Å². The topological polar surface area (TPSA) is 64.6 Å². The van der Waals surface area contributed by atoms with Crippen LogP contribution in [0.5, 0.6) is 5.88 Å². The van der Waals surface area contributed by atoms with Crippen LogP contribution in [0.15, 0.2) is 0 Å². The number of hydrogen-bond donors (Lipinski definition) is 0. The normalized spacial score (nSPS) is 18.4. The Bertz CT molecular complexity index is 857. The number of methoxy groups -OCH3 is 2. The number of ether oxygens (including phenoxy) is 2. The van der Waals surface area contributed by atoms with E-state index in [-0.39, 0.29) is 11.3 Å². The highest BCUT2D eigenvalue weighted by Crippen LogP contribution is 2.37. The molecule has 0 radical (unpaired) electrons. The lowest BCUT2D eigenvalue weighted by Crippen LogP contribution is -2.32. The predicted octanol–water partition coefficient (Wildman–Crippen LogP) is 4.44. The number of rotatable bonds is 4. The monoisotopic (exact) mass is 405 g/mol. The van der Waals surface area contributed by atoms with Gasteiger partial charge in [-0.1, -0.05) is 20.8 Å². The van der Waals surface area contributed by atoms with E-state index in [2.05, 4.69) is 30.7 Å². The first kappa shape index (κ1) is 21.0. The Morgan fingerprint density at radius 2 is 1.96 bits per heavy atom. The minimum absolute atomic E-state index is 0.102. The van der Waals surface area contributed by atoms with E-state index in [4.69, 9.17) is 9.47 Å². The van der Waals surface area contributed by atoms with E-state index in [1.807, 2.05) is 11.8 Å². The molecular formula is C21H31N3O3S. The molecule has 2 aromatic heterocycles. The van der Waals surface area contributed by atoms with Crippen LogP contribution in [0.1, 0.15) is 61.1 Å². The first-order valence-corrected chi connectivity index (χ1v) is 10.7. The number of fused-ring (bicyclic) bond motifs is 1. The van der Waals surface area contributed by atoms with Gasteiger partial charge in [-0.05, 0) is 43.1 Å². The summed E-state index contributed by atoms with van der Waals surface area (Å²) in [6, 6.07) is 0. The Kier molecular flexibility index (Phi) is 6.25. The highest BCUT2D eigenvalue weighted by atomic mass is 32.1. The Hall–Kier alpha value is -1.73. The maximum Gasteiger partial charge on any atom is 0.264 e. The molecule has 0 spiro atoms. The average Bonchev–Trinajstić information content (AvgIpc) is 2.83. The highest BCUT2D eigenvalue weighted by molar-refractivity contribution is 7.20. The zero-order valence-corrected chi connectivity index (χ0v) is 18.6. The summed E-state index contributed by atoms with van der Waals surface area (Å²) in [5.41, 5.74) is 1.19. The van der Waals surface area contributed by atoms with E-state index in [0.717, 1.165) is 46.6 Å². The van der Waals surface area contributed by atoms with Crippen molar-refractivity contribution in [3.63, 3.8) is 0 Å². The molecule has 0 unspecified atom stereocenters. The Balaban J connectivity index is 1.90. The summed E-state index contributed by atoms with van der Waals surface area (Å²) in [5, 5.41) is 0.832. The SMILES string of the molecule is COCc1nc(OC)c2c(C)c(C(=O)N3CCC[C@H](C(C)(C)C)CC3)sc2n1. The van der Waals surface area contributed by atoms with Crippen LogP contribution < -0.4 is 4.74 Å². The number of amides is 1. The Labute approximate surface area is 171 Å². The molecule has 154 valence electrons. The van der Waals surface area contributed by atoms with Gasteiger partial charge in [0.25, 0.3) is 5.91 Å². The van der Waals surface area contributed by atoms with Crippen molar-refractivity contribution >= 4 is 27.5 Å². The molecule has 1 amide bonds. The van der Waals surface area contributed by atoms with Gasteiger partial charge in [-0.2, -0.15) is 4.98 Å². The smallest absolute Gasteiger partial charge is 0.264 e. The number of aromatic nitrogens is 2. The maximum atomic E-state index is 13.3. The highest BCUT2D eigenvalue weighted by Gasteiger charge is 2.30. The standard InChI is InChI=1S/C21H31N3O3S/c1-13-16-18(27-6)22-15(12-26-5)23-19(16)28-17(13)20(25)24-10-7-8-14(9-11-24)21(2,3)4/h14H,7-12H2,1-6H3/t14-/m0/s1. The largest absolute Gasteiger partial charge is 0.480 e. The van der Waals surface area contributed by atoms with E-state index in [1.54, 1.807) is 14.2 Å². The van der Waals surface area contributed by atoms with Gasteiger partial charge in [0.15, 0.2) is 5.82 Å². The van der Waals surface area contributed by atoms with Gasteiger partial charge >= 0.3 is 0 Å². The van der Waals surface area contributed by atoms with Gasteiger partial charge < -0.3 is 14.4 Å². The molecule has 1 saturated heterocycles. The molecule has 2 aromatic rings. The molecule has 6 nitrogen and oxygen atoms in total. The molecule has 1 aliphatic heterocycles. The van der Waals surface area contributed by atoms with Crippen molar-refractivity contribution in [2.24, 2.45) is 11.3 Å². The molecule has 3 rings (SSSR count). The number of carbonyl (C=O) groups is 1. The Morgan fingerprint density at radius 3 is 2.61 bits per heavy atom. The molecule has 7 heteroatoms. The first-order valence-electron chi connectivity index (χ1n) is 9.88. The van der Waals surface area contributed by atoms with Gasteiger partial charge in [-0.25, -0.2) is 4.98 Å². The summed E-state index contributed by atoms with van der Waals surface area (Å²) in [5.74, 6) is 1.82. The zero-order chi connectivity index (χ0) is 20.5. The summed E-state index contributed by atoms with van der Waals surface area (Å²) in [4.78, 5) is 25.9. The molecule has 1 atom stereocenters. The third kappa shape index (κ3) is 4.15. The molecule has 0 saturated carbocycles. The van der Waals surface area contributed by atoms with Gasteiger partial charge in [0, 0.05) is 20.2 Å². The number of thiophene rings is 1. The fourth-order valence-corrected chi connectivity index (χ4v) is 5.16. The molecule has 0 aromatic carbocycles. The number of aryl methyl sites for hydroxylation is 1. The first-order chi connectivity index (χ1) is 13.3. The van der Waals surface area contributed by atoms with E-state index >= 15 is 0 Å². The summed E-state index contributed by atoms with van der Waals surface area (Å²) < 4.78 is 10.6. The second-order valence-corrected chi connectivity index (χ2v) is 9.60. The summed E-state index contributed by atoms with van der Waals surface area (Å²) in [6.45, 7) is 10.8. The molecule has 1 fully saturated rings. The number of hydrogen-bond acceptors (Lipinski definition) is 6. The van der Waals surface area contributed by atoms with Crippen molar-refractivity contribution in [2.45, 2.75) is 53.6 Å². The zero-order valence-electron chi connectivity index (χ0n) is 17.8. The molecule has 0 bridgehead atoms. The number of carbonyl (C=O) groups excluding carboxylic acids is 1. The van der Waals surface area contributed by atoms with Crippen LogP contribution >= 0.6 is 11.3 Å². The lowest BCUT2D eigenvalue weighted by molar-refractivity contribution is 0.0760. The molecular weight excluding hydrogens is 374 g/mol. The van der Waals surface area contributed by atoms with Crippen LogP contribution in [-0.4, -0.2) is 48.1 Å². The molecule has 3 heterocycles. The van der Waals surface area contributed by atoms with E-state index < -0.39 is 0 Å². The van der Waals surface area contributed by atoms with Crippen LogP contribution in [0, 0.1) is 18.3 Å². The van der Waals surface area contributed by atoms with E-state index in [0.29, 0.717) is 24.2 Å². The minimum atomic E-state index is 0.102. The summed E-state index contributed by atoms with van der Waals surface area (Å²) in [6.07, 6.45) is 3.29. The lowest BCUT2D eigenvalue weighted by Gasteiger charge is -2.29. The van der Waals surface area contributed by atoms with Crippen molar-refractivity contribution in [3.8, 4) is 5.88 Å². The van der Waals surface area contributed by atoms with Crippen molar-refractivity contribution < 1.29 is 14.3 Å². The average molecular weight is 406 g/mol. The van der Waals surface area contributed by atoms with Gasteiger partial charge in [0.05, 0.1) is 17.4 Å². The van der Waals surface area contributed by atoms with Crippen LogP contribution in [0.4, 0.5) is 0 Å². The van der Waals surface area contributed by atoms with Gasteiger partial charge in [-0.15, -0.1) is 11.3 Å². The van der Waals surface area contributed by atoms with Crippen LogP contribution in [0.2, 0.25) is 0 Å². The van der Waals surface area contributed by atoms with Gasteiger partial charge in [0.1, 0.15) is 11.4 Å². The van der Waals surface area contributed by atoms with Crippen LogP contribution in [-0.2, 0) is 11.3 Å². The molecule has 0 aliphatic carbocycles. The number of nitrogens with zero attached hydrogens (tertiary/aromatic N) is 3. The fraction of sp³-hybridized carbons (Fsp3) is 0.667. The fourth-order valence-electron chi connectivity index (χ4n) is 4.00. The third-order valence-electron chi connectivity index (χ3n) is 5.70. The van der Waals surface area contributed by atoms with Crippen molar-refractivity contribution in [1.82, 2.24) is 14.9 Å². The summed E-state index contributed by atoms with van der Waals surface area (Å²) in [7, 11) is 3.21. The molecule has 1 aliphatic rings. The van der Waals surface area contributed by atoms with Crippen molar-refractivity contribution in [2.75, 3.05) is 27.3 Å². The van der Waals surface area contributed by atoms with Crippen molar-refractivity contribution in [1.29, 1.82) is 0 Å². The Morgan fingerprint density at radius 1 is 1.21 bits per heavy atom.